The third-order valence-electron chi connectivity index (χ3n) is 4.15. The van der Waals surface area contributed by atoms with Crippen molar-refractivity contribution in [2.24, 2.45) is 0 Å². The Bertz CT molecular complexity index is 928. The highest BCUT2D eigenvalue weighted by molar-refractivity contribution is 7.91. The van der Waals surface area contributed by atoms with E-state index in [0.29, 0.717) is 32.1 Å². The van der Waals surface area contributed by atoms with Crippen LogP contribution in [0.15, 0.2) is 28.6 Å². The van der Waals surface area contributed by atoms with Crippen molar-refractivity contribution in [3.05, 3.63) is 29.3 Å². The minimum absolute atomic E-state index is 0.159. The van der Waals surface area contributed by atoms with Crippen molar-refractivity contribution < 1.29 is 17.9 Å². The first kappa shape index (κ1) is 21.4. The molecule has 0 aromatic carbocycles. The summed E-state index contributed by atoms with van der Waals surface area (Å²) in [5.74, 6) is 0.426. The summed E-state index contributed by atoms with van der Waals surface area (Å²) in [6, 6.07) is 5.12. The van der Waals surface area contributed by atoms with Gasteiger partial charge in [-0.15, -0.1) is 16.4 Å². The van der Waals surface area contributed by atoms with Crippen LogP contribution >= 0.6 is 11.3 Å². The van der Waals surface area contributed by atoms with E-state index in [9.17, 15) is 13.2 Å². The number of carbonyl (C=O) groups excluding carboxylic acids is 1. The molecule has 0 unspecified atom stereocenters. The van der Waals surface area contributed by atoms with Crippen LogP contribution in [0.25, 0.3) is 0 Å². The normalized spacial score (nSPS) is 14.6. The van der Waals surface area contributed by atoms with Crippen molar-refractivity contribution in [3.63, 3.8) is 0 Å². The molecule has 1 saturated heterocycles. The maximum atomic E-state index is 12.4. The third kappa shape index (κ3) is 6.35. The van der Waals surface area contributed by atoms with Gasteiger partial charge in [0.15, 0.2) is 5.82 Å². The van der Waals surface area contributed by atoms with Crippen molar-refractivity contribution in [1.82, 2.24) is 20.2 Å². The number of ether oxygens (including phenoxy) is 1. The number of amides is 1. The van der Waals surface area contributed by atoms with Crippen LogP contribution in [0.1, 0.15) is 11.8 Å². The zero-order valence-corrected chi connectivity index (χ0v) is 17.7. The van der Waals surface area contributed by atoms with Crippen molar-refractivity contribution in [1.29, 1.82) is 0 Å². The molecule has 0 radical (unpaired) electrons. The van der Waals surface area contributed by atoms with Crippen LogP contribution in [0, 0.1) is 0 Å². The Morgan fingerprint density at radius 1 is 1.28 bits per heavy atom. The fourth-order valence-electron chi connectivity index (χ4n) is 2.69. The van der Waals surface area contributed by atoms with Gasteiger partial charge in [0, 0.05) is 44.0 Å². The smallest absolute Gasteiger partial charge is 0.250 e. The quantitative estimate of drug-likeness (QED) is 0.479. The molecule has 158 valence electrons. The molecule has 3 rings (SSSR count). The van der Waals surface area contributed by atoms with Crippen LogP contribution in [-0.2, 0) is 26.1 Å². The number of sulfonamides is 1. The van der Waals surface area contributed by atoms with E-state index in [-0.39, 0.29) is 16.7 Å². The Labute approximate surface area is 173 Å². The number of nitrogens with one attached hydrogen (secondary N) is 3. The molecule has 1 aliphatic rings. The monoisotopic (exact) mass is 440 g/mol. The third-order valence-corrected chi connectivity index (χ3v) is 7.19. The molecule has 29 heavy (non-hydrogen) atoms. The number of thiophene rings is 1. The van der Waals surface area contributed by atoms with E-state index in [0.717, 1.165) is 35.0 Å². The summed E-state index contributed by atoms with van der Waals surface area (Å²) in [6.45, 7) is 5.26. The van der Waals surface area contributed by atoms with Crippen LogP contribution in [0.3, 0.4) is 0 Å². The summed E-state index contributed by atoms with van der Waals surface area (Å²) in [5.41, 5.74) is 0.955. The molecule has 0 aliphatic carbocycles. The highest BCUT2D eigenvalue weighted by Crippen LogP contribution is 2.21. The Hall–Kier alpha value is -2.28. The molecule has 1 fully saturated rings. The fourth-order valence-corrected chi connectivity index (χ4v) is 5.07. The van der Waals surface area contributed by atoms with Gasteiger partial charge >= 0.3 is 0 Å². The Morgan fingerprint density at radius 2 is 2.07 bits per heavy atom. The van der Waals surface area contributed by atoms with Gasteiger partial charge in [-0.25, -0.2) is 13.1 Å². The Morgan fingerprint density at radius 3 is 2.83 bits per heavy atom. The minimum atomic E-state index is -3.60. The van der Waals surface area contributed by atoms with Crippen LogP contribution in [0.2, 0.25) is 0 Å². The molecule has 3 N–H and O–H groups in total. The SMILES string of the molecule is CC(=O)NCc1ccc(S(=O)(=O)NCCNc2cc(N3CCOCC3)cnn2)s1. The first-order chi connectivity index (χ1) is 13.9. The first-order valence-electron chi connectivity index (χ1n) is 9.16. The first-order valence-corrected chi connectivity index (χ1v) is 11.5. The van der Waals surface area contributed by atoms with Crippen LogP contribution in [0.5, 0.6) is 0 Å². The number of morpholine rings is 1. The van der Waals surface area contributed by atoms with Crippen molar-refractivity contribution in [3.8, 4) is 0 Å². The van der Waals surface area contributed by atoms with Gasteiger partial charge in [-0.1, -0.05) is 0 Å². The van der Waals surface area contributed by atoms with Gasteiger partial charge in [0.1, 0.15) is 4.21 Å². The number of nitrogens with zero attached hydrogens (tertiary/aromatic N) is 3. The van der Waals surface area contributed by atoms with Crippen LogP contribution in [0.4, 0.5) is 11.5 Å². The van der Waals surface area contributed by atoms with Crippen molar-refractivity contribution in [2.75, 3.05) is 49.6 Å². The molecule has 0 bridgehead atoms. The number of anilines is 2. The summed E-state index contributed by atoms with van der Waals surface area (Å²) in [6.07, 6.45) is 1.70. The molecule has 10 nitrogen and oxygen atoms in total. The zero-order valence-electron chi connectivity index (χ0n) is 16.1. The maximum Gasteiger partial charge on any atom is 0.250 e. The lowest BCUT2D eigenvalue weighted by atomic mass is 10.3. The van der Waals surface area contributed by atoms with Gasteiger partial charge in [-0.2, -0.15) is 5.10 Å². The average Bonchev–Trinajstić information content (AvgIpc) is 3.21. The van der Waals surface area contributed by atoms with Gasteiger partial charge < -0.3 is 20.3 Å². The molecule has 2 aromatic rings. The molecule has 3 heterocycles. The van der Waals surface area contributed by atoms with Gasteiger partial charge in [0.05, 0.1) is 31.6 Å². The lowest BCUT2D eigenvalue weighted by Gasteiger charge is -2.28. The predicted molar refractivity (Wildman–Crippen MR) is 111 cm³/mol. The summed E-state index contributed by atoms with van der Waals surface area (Å²) < 4.78 is 32.9. The van der Waals surface area contributed by atoms with Gasteiger partial charge in [-0.05, 0) is 12.1 Å². The molecule has 1 aliphatic heterocycles. The van der Waals surface area contributed by atoms with E-state index >= 15 is 0 Å². The molecule has 0 atom stereocenters. The fraction of sp³-hybridized carbons (Fsp3) is 0.471. The summed E-state index contributed by atoms with van der Waals surface area (Å²) in [5, 5.41) is 13.8. The van der Waals surface area contributed by atoms with Gasteiger partial charge in [0.2, 0.25) is 15.9 Å². The summed E-state index contributed by atoms with van der Waals surface area (Å²) >= 11 is 1.13. The topological polar surface area (TPSA) is 126 Å². The second-order valence-electron chi connectivity index (χ2n) is 6.35. The number of hydrogen-bond donors (Lipinski definition) is 3. The summed E-state index contributed by atoms with van der Waals surface area (Å²) in [4.78, 5) is 13.9. The number of aromatic nitrogens is 2. The standard InChI is InChI=1S/C17H24N6O4S2/c1-13(24)19-12-15-2-3-17(28-15)29(25,26)21-5-4-18-16-10-14(11-20-22-16)23-6-8-27-9-7-23/h2-3,10-11,21H,4-9,12H2,1H3,(H,18,22)(H,19,24). The van der Waals surface area contributed by atoms with E-state index in [4.69, 9.17) is 4.74 Å². The van der Waals surface area contributed by atoms with E-state index < -0.39 is 10.0 Å². The minimum Gasteiger partial charge on any atom is -0.378 e. The number of hydrogen-bond acceptors (Lipinski definition) is 9. The van der Waals surface area contributed by atoms with Gasteiger partial charge in [0.25, 0.3) is 0 Å². The highest BCUT2D eigenvalue weighted by Gasteiger charge is 2.16. The van der Waals surface area contributed by atoms with E-state index in [1.165, 1.54) is 13.0 Å². The molecular formula is C17H24N6O4S2. The highest BCUT2D eigenvalue weighted by atomic mass is 32.2. The largest absolute Gasteiger partial charge is 0.378 e. The second kappa shape index (κ2) is 9.96. The lowest BCUT2D eigenvalue weighted by Crippen LogP contribution is -2.36. The maximum absolute atomic E-state index is 12.4. The molecule has 0 saturated carbocycles. The predicted octanol–water partition coefficient (Wildman–Crippen LogP) is 0.401. The number of carbonyl (C=O) groups is 1. The summed E-state index contributed by atoms with van der Waals surface area (Å²) in [7, 11) is -3.60. The molecule has 2 aromatic heterocycles. The van der Waals surface area contributed by atoms with Crippen LogP contribution in [-0.4, -0.2) is 63.9 Å². The lowest BCUT2D eigenvalue weighted by molar-refractivity contribution is -0.119. The zero-order chi connectivity index (χ0) is 20.7. The van der Waals surface area contributed by atoms with Crippen molar-refractivity contribution >= 4 is 38.8 Å². The second-order valence-corrected chi connectivity index (χ2v) is 9.52. The van der Waals surface area contributed by atoms with E-state index in [1.807, 2.05) is 6.07 Å². The molecule has 12 heteroatoms. The molecule has 0 spiro atoms. The number of rotatable bonds is 9. The van der Waals surface area contributed by atoms with E-state index in [2.05, 4.69) is 30.5 Å². The van der Waals surface area contributed by atoms with Crippen molar-refractivity contribution in [2.45, 2.75) is 17.7 Å². The van der Waals surface area contributed by atoms with Gasteiger partial charge in [-0.3, -0.25) is 4.79 Å². The average molecular weight is 441 g/mol. The molecule has 1 amide bonds. The van der Waals surface area contributed by atoms with E-state index in [1.54, 1.807) is 12.3 Å². The Balaban J connectivity index is 1.48. The molecular weight excluding hydrogens is 416 g/mol. The Kier molecular flexibility index (Phi) is 7.36. The van der Waals surface area contributed by atoms with Crippen LogP contribution < -0.4 is 20.3 Å².